The lowest BCUT2D eigenvalue weighted by Gasteiger charge is -2.08. The third kappa shape index (κ3) is 2.84. The SMILES string of the molecule is CN(C(N)=NCC1CCOC1)[N+](=O)[O-]. The fourth-order valence-electron chi connectivity index (χ4n) is 1.14. The second-order valence-corrected chi connectivity index (χ2v) is 3.19. The average Bonchev–Trinajstić information content (AvgIpc) is 2.65. The minimum absolute atomic E-state index is 0.0677. The number of aliphatic imine (C=N–C) groups is 1. The molecule has 0 saturated carbocycles. The summed E-state index contributed by atoms with van der Waals surface area (Å²) in [5.41, 5.74) is 5.39. The molecule has 1 atom stereocenters. The van der Waals surface area contributed by atoms with Crippen LogP contribution in [0.5, 0.6) is 0 Å². The molecule has 0 amide bonds. The summed E-state index contributed by atoms with van der Waals surface area (Å²) < 4.78 is 5.14. The van der Waals surface area contributed by atoms with Crippen molar-refractivity contribution in [3.63, 3.8) is 0 Å². The Bertz CT molecular complexity index is 237. The molecule has 2 N–H and O–H groups in total. The zero-order chi connectivity index (χ0) is 10.6. The van der Waals surface area contributed by atoms with Crippen molar-refractivity contribution in [1.82, 2.24) is 5.01 Å². The van der Waals surface area contributed by atoms with Gasteiger partial charge in [-0.2, -0.15) is 0 Å². The highest BCUT2D eigenvalue weighted by Crippen LogP contribution is 2.12. The second kappa shape index (κ2) is 4.75. The highest BCUT2D eigenvalue weighted by molar-refractivity contribution is 5.76. The predicted octanol–water partition coefficient (Wildman–Crippen LogP) is -0.539. The van der Waals surface area contributed by atoms with Crippen LogP contribution in [-0.4, -0.2) is 42.8 Å². The second-order valence-electron chi connectivity index (χ2n) is 3.19. The van der Waals surface area contributed by atoms with Gasteiger partial charge in [0.1, 0.15) is 0 Å². The van der Waals surface area contributed by atoms with Crippen molar-refractivity contribution < 1.29 is 9.77 Å². The van der Waals surface area contributed by atoms with E-state index in [1.54, 1.807) is 0 Å². The van der Waals surface area contributed by atoms with E-state index in [-0.39, 0.29) is 5.96 Å². The van der Waals surface area contributed by atoms with Crippen LogP contribution < -0.4 is 5.73 Å². The minimum atomic E-state index is -0.607. The summed E-state index contributed by atoms with van der Waals surface area (Å²) in [7, 11) is 1.27. The van der Waals surface area contributed by atoms with E-state index < -0.39 is 5.03 Å². The predicted molar refractivity (Wildman–Crippen MR) is 50.2 cm³/mol. The molecule has 1 saturated heterocycles. The van der Waals surface area contributed by atoms with E-state index in [2.05, 4.69) is 4.99 Å². The normalized spacial score (nSPS) is 22.4. The number of guanidine groups is 1. The molecule has 80 valence electrons. The van der Waals surface area contributed by atoms with Gasteiger partial charge in [0.25, 0.3) is 5.96 Å². The standard InChI is InChI=1S/C7H14N4O3/c1-10(11(12)13)7(8)9-4-6-2-3-14-5-6/h6H,2-5H2,1H3,(H2,8,9). The van der Waals surface area contributed by atoms with Gasteiger partial charge in [0.15, 0.2) is 5.03 Å². The van der Waals surface area contributed by atoms with E-state index in [9.17, 15) is 10.1 Å². The number of nitrogens with two attached hydrogens (primary N) is 1. The highest BCUT2D eigenvalue weighted by Gasteiger charge is 2.17. The van der Waals surface area contributed by atoms with E-state index in [1.165, 1.54) is 7.05 Å². The number of hydrazine groups is 1. The van der Waals surface area contributed by atoms with Crippen LogP contribution in [0, 0.1) is 16.0 Å². The molecule has 1 heterocycles. The van der Waals surface area contributed by atoms with Gasteiger partial charge >= 0.3 is 0 Å². The number of nitrogens with zero attached hydrogens (tertiary/aromatic N) is 3. The van der Waals surface area contributed by atoms with Gasteiger partial charge in [-0.25, -0.2) is 15.1 Å². The van der Waals surface area contributed by atoms with Crippen molar-refractivity contribution in [1.29, 1.82) is 0 Å². The van der Waals surface area contributed by atoms with Gasteiger partial charge in [0.2, 0.25) is 0 Å². The third-order valence-electron chi connectivity index (χ3n) is 2.11. The summed E-state index contributed by atoms with van der Waals surface area (Å²) in [6, 6.07) is 0. The summed E-state index contributed by atoms with van der Waals surface area (Å²) >= 11 is 0. The number of rotatable bonds is 3. The molecule has 0 spiro atoms. The van der Waals surface area contributed by atoms with E-state index in [0.29, 0.717) is 24.1 Å². The molecule has 0 aromatic carbocycles. The molecule has 1 unspecified atom stereocenters. The van der Waals surface area contributed by atoms with Crippen LogP contribution in [0.1, 0.15) is 6.42 Å². The Kier molecular flexibility index (Phi) is 3.63. The summed E-state index contributed by atoms with van der Waals surface area (Å²) in [5.74, 6) is 0.274. The van der Waals surface area contributed by atoms with E-state index in [1.807, 2.05) is 0 Å². The molecule has 7 heteroatoms. The average molecular weight is 202 g/mol. The van der Waals surface area contributed by atoms with Gasteiger partial charge in [-0.05, 0) is 6.42 Å². The van der Waals surface area contributed by atoms with Crippen molar-refractivity contribution in [3.05, 3.63) is 10.1 Å². The maximum absolute atomic E-state index is 10.3. The number of nitro groups is 1. The monoisotopic (exact) mass is 202 g/mol. The van der Waals surface area contributed by atoms with Crippen LogP contribution >= 0.6 is 0 Å². The first-order valence-electron chi connectivity index (χ1n) is 4.37. The summed E-state index contributed by atoms with van der Waals surface area (Å²) in [4.78, 5) is 14.2. The van der Waals surface area contributed by atoms with Crippen LogP contribution in [0.15, 0.2) is 4.99 Å². The lowest BCUT2D eigenvalue weighted by atomic mass is 10.1. The van der Waals surface area contributed by atoms with Gasteiger partial charge in [-0.1, -0.05) is 5.01 Å². The first-order chi connectivity index (χ1) is 6.61. The molecule has 1 rings (SSSR count). The largest absolute Gasteiger partial charge is 0.381 e. The Morgan fingerprint density at radius 2 is 2.57 bits per heavy atom. The lowest BCUT2D eigenvalue weighted by molar-refractivity contribution is -0.623. The smallest absolute Gasteiger partial charge is 0.254 e. The highest BCUT2D eigenvalue weighted by atomic mass is 16.7. The zero-order valence-electron chi connectivity index (χ0n) is 8.05. The molecule has 1 aliphatic heterocycles. The number of hydrogen-bond donors (Lipinski definition) is 1. The van der Waals surface area contributed by atoms with Crippen LogP contribution in [0.4, 0.5) is 0 Å². The Labute approximate surface area is 81.7 Å². The molecule has 0 radical (unpaired) electrons. The Morgan fingerprint density at radius 3 is 3.07 bits per heavy atom. The molecule has 7 nitrogen and oxygen atoms in total. The van der Waals surface area contributed by atoms with E-state index in [0.717, 1.165) is 13.0 Å². The van der Waals surface area contributed by atoms with Gasteiger partial charge in [-0.15, -0.1) is 0 Å². The number of hydrogen-bond acceptors (Lipinski definition) is 4. The summed E-state index contributed by atoms with van der Waals surface area (Å²) in [6.07, 6.45) is 0.943. The molecule has 0 aliphatic carbocycles. The summed E-state index contributed by atoms with van der Waals surface area (Å²) in [6.45, 7) is 1.90. The van der Waals surface area contributed by atoms with Crippen LogP contribution in [0.2, 0.25) is 0 Å². The fraction of sp³-hybridized carbons (Fsp3) is 0.857. The Hall–Kier alpha value is -1.37. The Morgan fingerprint density at radius 1 is 1.86 bits per heavy atom. The molecule has 14 heavy (non-hydrogen) atoms. The first-order valence-corrected chi connectivity index (χ1v) is 4.37. The maximum Gasteiger partial charge on any atom is 0.254 e. The first kappa shape index (κ1) is 10.7. The van der Waals surface area contributed by atoms with Gasteiger partial charge < -0.3 is 10.5 Å². The van der Waals surface area contributed by atoms with Crippen molar-refractivity contribution in [2.75, 3.05) is 26.8 Å². The van der Waals surface area contributed by atoms with Crippen molar-refractivity contribution in [2.45, 2.75) is 6.42 Å². The van der Waals surface area contributed by atoms with E-state index in [4.69, 9.17) is 10.5 Å². The molecular formula is C7H14N4O3. The van der Waals surface area contributed by atoms with Crippen molar-refractivity contribution in [2.24, 2.45) is 16.6 Å². The van der Waals surface area contributed by atoms with Crippen LogP contribution in [0.25, 0.3) is 0 Å². The topological polar surface area (TPSA) is 94.0 Å². The molecule has 1 fully saturated rings. The van der Waals surface area contributed by atoms with Gasteiger partial charge in [0, 0.05) is 19.1 Å². The van der Waals surface area contributed by atoms with Crippen LogP contribution in [-0.2, 0) is 4.74 Å². The maximum atomic E-state index is 10.3. The van der Waals surface area contributed by atoms with Crippen molar-refractivity contribution >= 4 is 5.96 Å². The molecule has 0 aromatic rings. The third-order valence-corrected chi connectivity index (χ3v) is 2.11. The Balaban J connectivity index is 2.38. The van der Waals surface area contributed by atoms with Crippen molar-refractivity contribution in [3.8, 4) is 0 Å². The molecular weight excluding hydrogens is 188 g/mol. The molecule has 1 aliphatic rings. The summed E-state index contributed by atoms with van der Waals surface area (Å²) in [5, 5.41) is 10.4. The van der Waals surface area contributed by atoms with Gasteiger partial charge in [0.05, 0.1) is 13.7 Å². The fourth-order valence-corrected chi connectivity index (χ4v) is 1.14. The zero-order valence-corrected chi connectivity index (χ0v) is 8.05. The minimum Gasteiger partial charge on any atom is -0.381 e. The van der Waals surface area contributed by atoms with Crippen LogP contribution in [0.3, 0.4) is 0 Å². The van der Waals surface area contributed by atoms with E-state index >= 15 is 0 Å². The lowest BCUT2D eigenvalue weighted by Crippen LogP contribution is -2.38. The van der Waals surface area contributed by atoms with Gasteiger partial charge in [-0.3, -0.25) is 0 Å². The number of ether oxygens (including phenoxy) is 1. The molecule has 0 aromatic heterocycles. The quantitative estimate of drug-likeness (QED) is 0.287. The molecule has 0 bridgehead atoms.